The van der Waals surface area contributed by atoms with E-state index >= 15 is 0 Å². The maximum Gasteiger partial charge on any atom is 0.146 e. The Labute approximate surface area is 149 Å². The lowest BCUT2D eigenvalue weighted by Gasteiger charge is -2.34. The number of likely N-dealkylation sites (tertiary alicyclic amines) is 1. The minimum absolute atomic E-state index is 0.453. The fraction of sp³-hybridized carbons (Fsp3) is 0.632. The summed E-state index contributed by atoms with van der Waals surface area (Å²) < 4.78 is 2.25. The smallest absolute Gasteiger partial charge is 0.146 e. The Bertz CT molecular complexity index is 676. The summed E-state index contributed by atoms with van der Waals surface area (Å²) in [5.74, 6) is 2.71. The number of hydrogen-bond acceptors (Lipinski definition) is 5. The fourth-order valence-electron chi connectivity index (χ4n) is 4.16. The molecule has 0 N–H and O–H groups in total. The lowest BCUT2D eigenvalue weighted by Crippen LogP contribution is -2.35. The molecule has 6 heteroatoms. The molecule has 0 bridgehead atoms. The first kappa shape index (κ1) is 16.5. The predicted molar refractivity (Wildman–Crippen MR) is 98.6 cm³/mol. The van der Waals surface area contributed by atoms with E-state index in [4.69, 9.17) is 0 Å². The van der Waals surface area contributed by atoms with Crippen LogP contribution in [-0.2, 0) is 13.6 Å². The van der Waals surface area contributed by atoms with Gasteiger partial charge in [0.05, 0.1) is 6.54 Å². The third-order valence-corrected chi connectivity index (χ3v) is 5.63. The molecular formula is C19H28N6. The van der Waals surface area contributed by atoms with E-state index in [0.717, 1.165) is 31.3 Å². The third-order valence-electron chi connectivity index (χ3n) is 5.63. The zero-order valence-corrected chi connectivity index (χ0v) is 15.1. The first-order chi connectivity index (χ1) is 12.3. The van der Waals surface area contributed by atoms with Crippen LogP contribution in [-0.4, -0.2) is 50.8 Å². The number of hydrogen-bond donors (Lipinski definition) is 0. The highest BCUT2D eigenvalue weighted by atomic mass is 15.3. The molecule has 0 amide bonds. The van der Waals surface area contributed by atoms with Crippen LogP contribution in [0.25, 0.3) is 0 Å². The zero-order chi connectivity index (χ0) is 17.1. The van der Waals surface area contributed by atoms with Gasteiger partial charge >= 0.3 is 0 Å². The summed E-state index contributed by atoms with van der Waals surface area (Å²) in [5, 5.41) is 9.11. The molecule has 0 radical (unpaired) electrons. The van der Waals surface area contributed by atoms with Gasteiger partial charge in [-0.1, -0.05) is 6.42 Å². The second-order valence-corrected chi connectivity index (χ2v) is 7.36. The highest BCUT2D eigenvalue weighted by molar-refractivity contribution is 5.45. The molecule has 2 aliphatic heterocycles. The van der Waals surface area contributed by atoms with Crippen LogP contribution in [0.1, 0.15) is 49.7 Å². The Morgan fingerprint density at radius 3 is 2.60 bits per heavy atom. The average molecular weight is 340 g/mol. The van der Waals surface area contributed by atoms with Gasteiger partial charge in [-0.25, -0.2) is 0 Å². The molecule has 2 fully saturated rings. The van der Waals surface area contributed by atoms with E-state index in [1.54, 1.807) is 0 Å². The normalized spacial score (nSPS) is 22.3. The van der Waals surface area contributed by atoms with Crippen molar-refractivity contribution in [2.45, 2.75) is 44.6 Å². The highest BCUT2D eigenvalue weighted by Gasteiger charge is 2.26. The quantitative estimate of drug-likeness (QED) is 0.856. The fourth-order valence-corrected chi connectivity index (χ4v) is 4.16. The van der Waals surface area contributed by atoms with Gasteiger partial charge < -0.3 is 9.47 Å². The van der Waals surface area contributed by atoms with E-state index in [0.29, 0.717) is 5.92 Å². The van der Waals surface area contributed by atoms with E-state index in [-0.39, 0.29) is 0 Å². The first-order valence-electron chi connectivity index (χ1n) is 9.57. The Hall–Kier alpha value is -1.95. The van der Waals surface area contributed by atoms with Gasteiger partial charge in [0, 0.05) is 44.1 Å². The van der Waals surface area contributed by atoms with E-state index in [9.17, 15) is 0 Å². The molecule has 0 spiro atoms. The molecule has 1 unspecified atom stereocenters. The van der Waals surface area contributed by atoms with Crippen molar-refractivity contribution < 1.29 is 0 Å². The van der Waals surface area contributed by atoms with Crippen LogP contribution < -0.4 is 4.90 Å². The van der Waals surface area contributed by atoms with E-state index in [1.807, 2.05) is 12.4 Å². The monoisotopic (exact) mass is 340 g/mol. The van der Waals surface area contributed by atoms with Gasteiger partial charge in [0.2, 0.25) is 0 Å². The summed E-state index contributed by atoms with van der Waals surface area (Å²) in [4.78, 5) is 9.10. The van der Waals surface area contributed by atoms with Crippen LogP contribution >= 0.6 is 0 Å². The number of nitrogens with zero attached hydrogens (tertiary/aromatic N) is 6. The van der Waals surface area contributed by atoms with Crippen LogP contribution in [0, 0.1) is 0 Å². The van der Waals surface area contributed by atoms with Crippen molar-refractivity contribution in [1.82, 2.24) is 24.6 Å². The van der Waals surface area contributed by atoms with Crippen molar-refractivity contribution in [3.63, 3.8) is 0 Å². The number of rotatable bonds is 4. The summed E-state index contributed by atoms with van der Waals surface area (Å²) in [5.41, 5.74) is 1.26. The SMILES string of the molecule is Cn1c(CN2CCCCC2)nnc1C1CCCN(c2ccncc2)C1. The highest BCUT2D eigenvalue weighted by Crippen LogP contribution is 2.29. The van der Waals surface area contributed by atoms with Crippen molar-refractivity contribution in [1.29, 1.82) is 0 Å². The van der Waals surface area contributed by atoms with Crippen molar-refractivity contribution >= 4 is 5.69 Å². The Balaban J connectivity index is 1.46. The number of pyridine rings is 1. The molecule has 2 aromatic heterocycles. The standard InChI is InChI=1S/C19H28N6/c1-23-18(15-24-11-3-2-4-12-24)21-22-19(23)16-6-5-13-25(14-16)17-7-9-20-10-8-17/h7-10,16H,2-6,11-15H2,1H3. The zero-order valence-electron chi connectivity index (χ0n) is 15.1. The summed E-state index contributed by atoms with van der Waals surface area (Å²) in [6.07, 6.45) is 10.1. The van der Waals surface area contributed by atoms with E-state index < -0.39 is 0 Å². The number of piperidine rings is 2. The van der Waals surface area contributed by atoms with Crippen molar-refractivity contribution in [2.24, 2.45) is 7.05 Å². The summed E-state index contributed by atoms with van der Waals surface area (Å²) >= 11 is 0. The van der Waals surface area contributed by atoms with Crippen LogP contribution in [0.15, 0.2) is 24.5 Å². The van der Waals surface area contributed by atoms with Crippen LogP contribution in [0.3, 0.4) is 0 Å². The Morgan fingerprint density at radius 2 is 1.80 bits per heavy atom. The largest absolute Gasteiger partial charge is 0.371 e. The predicted octanol–water partition coefficient (Wildman–Crippen LogP) is 2.58. The van der Waals surface area contributed by atoms with Crippen molar-refractivity contribution in [2.75, 3.05) is 31.1 Å². The second-order valence-electron chi connectivity index (χ2n) is 7.36. The Kier molecular flexibility index (Phi) is 4.97. The van der Waals surface area contributed by atoms with Crippen molar-refractivity contribution in [3.8, 4) is 0 Å². The average Bonchev–Trinajstić information content (AvgIpc) is 3.04. The molecule has 2 aromatic rings. The molecule has 2 saturated heterocycles. The molecule has 1 atom stereocenters. The van der Waals surface area contributed by atoms with Gasteiger partial charge in [-0.3, -0.25) is 9.88 Å². The minimum atomic E-state index is 0.453. The van der Waals surface area contributed by atoms with Gasteiger partial charge in [-0.15, -0.1) is 10.2 Å². The molecule has 6 nitrogen and oxygen atoms in total. The van der Waals surface area contributed by atoms with E-state index in [2.05, 4.69) is 48.7 Å². The lowest BCUT2D eigenvalue weighted by atomic mass is 9.96. The van der Waals surface area contributed by atoms with Gasteiger partial charge in [0.15, 0.2) is 0 Å². The van der Waals surface area contributed by atoms with Gasteiger partial charge in [0.1, 0.15) is 11.6 Å². The molecule has 0 saturated carbocycles. The molecule has 25 heavy (non-hydrogen) atoms. The maximum absolute atomic E-state index is 4.58. The summed E-state index contributed by atoms with van der Waals surface area (Å²) in [6, 6.07) is 4.20. The third kappa shape index (κ3) is 3.68. The second kappa shape index (κ2) is 7.52. The molecular weight excluding hydrogens is 312 g/mol. The van der Waals surface area contributed by atoms with Crippen LogP contribution in [0.5, 0.6) is 0 Å². The lowest BCUT2D eigenvalue weighted by molar-refractivity contribution is 0.213. The molecule has 4 rings (SSSR count). The minimum Gasteiger partial charge on any atom is -0.371 e. The molecule has 0 aliphatic carbocycles. The summed E-state index contributed by atoms with van der Waals surface area (Å²) in [7, 11) is 2.14. The molecule has 0 aromatic carbocycles. The molecule has 4 heterocycles. The summed E-state index contributed by atoms with van der Waals surface area (Å²) in [6.45, 7) is 5.45. The van der Waals surface area contributed by atoms with Gasteiger partial charge in [-0.05, 0) is 50.9 Å². The number of anilines is 1. The van der Waals surface area contributed by atoms with Crippen LogP contribution in [0.4, 0.5) is 5.69 Å². The first-order valence-corrected chi connectivity index (χ1v) is 9.57. The van der Waals surface area contributed by atoms with Crippen LogP contribution in [0.2, 0.25) is 0 Å². The van der Waals surface area contributed by atoms with Crippen molar-refractivity contribution in [3.05, 3.63) is 36.2 Å². The molecule has 2 aliphatic rings. The molecule has 134 valence electrons. The topological polar surface area (TPSA) is 50.1 Å². The maximum atomic E-state index is 4.58. The van der Waals surface area contributed by atoms with Gasteiger partial charge in [-0.2, -0.15) is 0 Å². The Morgan fingerprint density at radius 1 is 1.00 bits per heavy atom. The number of aromatic nitrogens is 4. The van der Waals surface area contributed by atoms with Gasteiger partial charge in [0.25, 0.3) is 0 Å². The van der Waals surface area contributed by atoms with E-state index in [1.165, 1.54) is 50.9 Å².